The lowest BCUT2D eigenvalue weighted by atomic mass is 9.91. The van der Waals surface area contributed by atoms with Crippen molar-refractivity contribution in [2.45, 2.75) is 45.8 Å². The van der Waals surface area contributed by atoms with E-state index in [9.17, 15) is 9.90 Å². The van der Waals surface area contributed by atoms with Crippen molar-refractivity contribution in [2.24, 2.45) is 0 Å². The van der Waals surface area contributed by atoms with Gasteiger partial charge < -0.3 is 9.84 Å². The third-order valence-corrected chi connectivity index (χ3v) is 3.19. The highest BCUT2D eigenvalue weighted by molar-refractivity contribution is 5.94. The first-order valence-electron chi connectivity index (χ1n) is 5.89. The van der Waals surface area contributed by atoms with E-state index in [0.29, 0.717) is 11.1 Å². The first-order chi connectivity index (χ1) is 7.93. The molecule has 0 fully saturated rings. The number of fused-ring (bicyclic) bond motifs is 1. The molecular formula is C14H18O3. The Morgan fingerprint density at radius 3 is 2.76 bits per heavy atom. The summed E-state index contributed by atoms with van der Waals surface area (Å²) in [6.45, 7) is 5.52. The fraction of sp³-hybridized carbons (Fsp3) is 0.500. The fourth-order valence-electron chi connectivity index (χ4n) is 2.15. The molecule has 1 aliphatic rings. The summed E-state index contributed by atoms with van der Waals surface area (Å²) in [5.41, 5.74) is 2.19. The molecule has 2 rings (SSSR count). The maximum atomic E-state index is 11.4. The van der Waals surface area contributed by atoms with Crippen LogP contribution < -0.4 is 4.74 Å². The molecule has 0 aliphatic carbocycles. The van der Waals surface area contributed by atoms with Crippen molar-refractivity contribution in [1.29, 1.82) is 0 Å². The molecule has 3 nitrogen and oxygen atoms in total. The molecule has 0 unspecified atom stereocenters. The minimum absolute atomic E-state index is 0.0207. The van der Waals surface area contributed by atoms with E-state index in [-0.39, 0.29) is 18.0 Å². The zero-order chi connectivity index (χ0) is 12.6. The van der Waals surface area contributed by atoms with E-state index >= 15 is 0 Å². The Labute approximate surface area is 101 Å². The third-order valence-electron chi connectivity index (χ3n) is 3.19. The standard InChI is InChI=1S/C14H18O3/c1-9(16)11-6-10-4-5-14(2,3)17-13(10)12(7-11)8-15/h6-7,15H,4-5,8H2,1-3H3. The smallest absolute Gasteiger partial charge is 0.159 e. The molecule has 17 heavy (non-hydrogen) atoms. The van der Waals surface area contributed by atoms with Gasteiger partial charge in [0, 0.05) is 11.1 Å². The molecule has 1 aromatic rings. The molecule has 0 saturated heterocycles. The van der Waals surface area contributed by atoms with Crippen LogP contribution in [0.25, 0.3) is 0 Å². The molecule has 1 heterocycles. The van der Waals surface area contributed by atoms with Gasteiger partial charge in [-0.15, -0.1) is 0 Å². The first-order valence-corrected chi connectivity index (χ1v) is 5.89. The number of aliphatic hydroxyl groups is 1. The molecule has 1 aromatic carbocycles. The first kappa shape index (κ1) is 12.1. The number of hydrogen-bond donors (Lipinski definition) is 1. The summed E-state index contributed by atoms with van der Waals surface area (Å²) >= 11 is 0. The van der Waals surface area contributed by atoms with Gasteiger partial charge in [0.1, 0.15) is 11.4 Å². The molecule has 92 valence electrons. The lowest BCUT2D eigenvalue weighted by Crippen LogP contribution is -2.33. The van der Waals surface area contributed by atoms with Crippen LogP contribution in [-0.2, 0) is 13.0 Å². The van der Waals surface area contributed by atoms with Crippen molar-refractivity contribution >= 4 is 5.78 Å². The number of aryl methyl sites for hydroxylation is 1. The van der Waals surface area contributed by atoms with Crippen LogP contribution in [-0.4, -0.2) is 16.5 Å². The van der Waals surface area contributed by atoms with Crippen LogP contribution in [0.15, 0.2) is 12.1 Å². The largest absolute Gasteiger partial charge is 0.487 e. The second-order valence-corrected chi connectivity index (χ2v) is 5.20. The zero-order valence-corrected chi connectivity index (χ0v) is 10.5. The number of hydrogen-bond acceptors (Lipinski definition) is 3. The summed E-state index contributed by atoms with van der Waals surface area (Å²) < 4.78 is 5.90. The Hall–Kier alpha value is -1.35. The Morgan fingerprint density at radius 1 is 1.47 bits per heavy atom. The van der Waals surface area contributed by atoms with Crippen molar-refractivity contribution in [1.82, 2.24) is 0 Å². The van der Waals surface area contributed by atoms with Crippen molar-refractivity contribution < 1.29 is 14.6 Å². The number of ether oxygens (including phenoxy) is 1. The van der Waals surface area contributed by atoms with Crippen molar-refractivity contribution in [3.63, 3.8) is 0 Å². The number of Topliss-reactive ketones (excluding diaryl/α,β-unsaturated/α-hetero) is 1. The number of benzene rings is 1. The van der Waals surface area contributed by atoms with Crippen LogP contribution in [0.2, 0.25) is 0 Å². The average Bonchev–Trinajstić information content (AvgIpc) is 2.26. The van der Waals surface area contributed by atoms with Crippen molar-refractivity contribution in [3.8, 4) is 5.75 Å². The van der Waals surface area contributed by atoms with Gasteiger partial charge in [-0.25, -0.2) is 0 Å². The minimum Gasteiger partial charge on any atom is -0.487 e. The zero-order valence-electron chi connectivity index (χ0n) is 10.5. The Morgan fingerprint density at radius 2 is 2.18 bits per heavy atom. The lowest BCUT2D eigenvalue weighted by Gasteiger charge is -2.34. The van der Waals surface area contributed by atoms with Gasteiger partial charge in [0.15, 0.2) is 5.78 Å². The third kappa shape index (κ3) is 2.34. The highest BCUT2D eigenvalue weighted by Gasteiger charge is 2.28. The summed E-state index contributed by atoms with van der Waals surface area (Å²) in [6.07, 6.45) is 1.81. The molecule has 0 bridgehead atoms. The van der Waals surface area contributed by atoms with E-state index < -0.39 is 0 Å². The van der Waals surface area contributed by atoms with Gasteiger partial charge in [-0.2, -0.15) is 0 Å². The van der Waals surface area contributed by atoms with Gasteiger partial charge in [0.2, 0.25) is 0 Å². The fourth-order valence-corrected chi connectivity index (χ4v) is 2.15. The van der Waals surface area contributed by atoms with Crippen LogP contribution in [0.1, 0.15) is 48.7 Å². The van der Waals surface area contributed by atoms with E-state index in [1.807, 2.05) is 19.9 Å². The topological polar surface area (TPSA) is 46.5 Å². The van der Waals surface area contributed by atoms with Crippen LogP contribution in [0.3, 0.4) is 0 Å². The Balaban J connectivity index is 2.51. The van der Waals surface area contributed by atoms with Crippen LogP contribution in [0.5, 0.6) is 5.75 Å². The van der Waals surface area contributed by atoms with Crippen LogP contribution in [0.4, 0.5) is 0 Å². The van der Waals surface area contributed by atoms with Gasteiger partial charge in [0.05, 0.1) is 6.61 Å². The second-order valence-electron chi connectivity index (χ2n) is 5.20. The average molecular weight is 234 g/mol. The number of carbonyl (C=O) groups is 1. The summed E-state index contributed by atoms with van der Waals surface area (Å²) in [7, 11) is 0. The van der Waals surface area contributed by atoms with E-state index in [0.717, 1.165) is 24.2 Å². The summed E-state index contributed by atoms with van der Waals surface area (Å²) in [5, 5.41) is 9.38. The van der Waals surface area contributed by atoms with Gasteiger partial charge in [-0.1, -0.05) is 0 Å². The maximum Gasteiger partial charge on any atom is 0.159 e. The second kappa shape index (κ2) is 4.15. The summed E-state index contributed by atoms with van der Waals surface area (Å²) in [5.74, 6) is 0.779. The molecule has 1 N–H and O–H groups in total. The number of ketones is 1. The molecule has 3 heteroatoms. The Kier molecular flexibility index (Phi) is 2.96. The predicted octanol–water partition coefficient (Wildman–Crippen LogP) is 2.49. The predicted molar refractivity (Wildman–Crippen MR) is 65.4 cm³/mol. The molecule has 0 amide bonds. The van der Waals surface area contributed by atoms with Gasteiger partial charge in [0.25, 0.3) is 0 Å². The van der Waals surface area contributed by atoms with Gasteiger partial charge in [-0.05, 0) is 51.3 Å². The highest BCUT2D eigenvalue weighted by atomic mass is 16.5. The van der Waals surface area contributed by atoms with E-state index in [1.54, 1.807) is 6.07 Å². The molecule has 0 saturated carbocycles. The Bertz CT molecular complexity index is 444. The van der Waals surface area contributed by atoms with Gasteiger partial charge >= 0.3 is 0 Å². The van der Waals surface area contributed by atoms with Crippen LogP contribution in [0, 0.1) is 0 Å². The molecule has 0 aromatic heterocycles. The number of rotatable bonds is 2. The highest BCUT2D eigenvalue weighted by Crippen LogP contribution is 2.36. The number of carbonyl (C=O) groups excluding carboxylic acids is 1. The molecular weight excluding hydrogens is 216 g/mol. The monoisotopic (exact) mass is 234 g/mol. The maximum absolute atomic E-state index is 11.4. The van der Waals surface area contributed by atoms with Crippen molar-refractivity contribution in [3.05, 3.63) is 28.8 Å². The normalized spacial score (nSPS) is 17.2. The summed E-state index contributed by atoms with van der Waals surface area (Å²) in [4.78, 5) is 11.4. The van der Waals surface area contributed by atoms with E-state index in [2.05, 4.69) is 0 Å². The molecule has 0 radical (unpaired) electrons. The van der Waals surface area contributed by atoms with Crippen LogP contribution >= 0.6 is 0 Å². The summed E-state index contributed by atoms with van der Waals surface area (Å²) in [6, 6.07) is 3.61. The SMILES string of the molecule is CC(=O)c1cc(CO)c2c(c1)CCC(C)(C)O2. The molecule has 0 spiro atoms. The van der Waals surface area contributed by atoms with Gasteiger partial charge in [-0.3, -0.25) is 4.79 Å². The quantitative estimate of drug-likeness (QED) is 0.800. The number of aliphatic hydroxyl groups excluding tert-OH is 1. The van der Waals surface area contributed by atoms with E-state index in [1.165, 1.54) is 6.92 Å². The lowest BCUT2D eigenvalue weighted by molar-refractivity contribution is 0.0810. The minimum atomic E-state index is -0.200. The molecule has 1 aliphatic heterocycles. The van der Waals surface area contributed by atoms with E-state index in [4.69, 9.17) is 4.74 Å². The van der Waals surface area contributed by atoms with Crippen molar-refractivity contribution in [2.75, 3.05) is 0 Å². The molecule has 0 atom stereocenters.